The SMILES string of the molecule is COc1cc(OC)cc(C(=O)N2CCO[C@@H](C)C2)c1. The predicted octanol–water partition coefficient (Wildman–Crippen LogP) is 1.56. The lowest BCUT2D eigenvalue weighted by molar-refractivity contribution is -0.0124. The fourth-order valence-electron chi connectivity index (χ4n) is 2.12. The van der Waals surface area contributed by atoms with E-state index in [-0.39, 0.29) is 12.0 Å². The maximum Gasteiger partial charge on any atom is 0.254 e. The summed E-state index contributed by atoms with van der Waals surface area (Å²) in [7, 11) is 3.14. The van der Waals surface area contributed by atoms with Crippen LogP contribution in [0.3, 0.4) is 0 Å². The summed E-state index contributed by atoms with van der Waals surface area (Å²) < 4.78 is 15.8. The fourth-order valence-corrected chi connectivity index (χ4v) is 2.12. The molecule has 0 N–H and O–H groups in total. The zero-order valence-electron chi connectivity index (χ0n) is 11.5. The second kappa shape index (κ2) is 5.93. The summed E-state index contributed by atoms with van der Waals surface area (Å²) in [6.07, 6.45) is 0.0743. The second-order valence-electron chi connectivity index (χ2n) is 4.53. The number of rotatable bonds is 3. The van der Waals surface area contributed by atoms with Gasteiger partial charge in [-0.15, -0.1) is 0 Å². The number of morpholine rings is 1. The molecule has 1 aliphatic rings. The Morgan fingerprint density at radius 3 is 2.42 bits per heavy atom. The van der Waals surface area contributed by atoms with Gasteiger partial charge in [-0.25, -0.2) is 0 Å². The van der Waals surface area contributed by atoms with Gasteiger partial charge in [-0.3, -0.25) is 4.79 Å². The number of carbonyl (C=O) groups is 1. The second-order valence-corrected chi connectivity index (χ2v) is 4.53. The highest BCUT2D eigenvalue weighted by molar-refractivity contribution is 5.95. The molecule has 1 aliphatic heterocycles. The van der Waals surface area contributed by atoms with Crippen molar-refractivity contribution in [3.8, 4) is 11.5 Å². The van der Waals surface area contributed by atoms with E-state index in [4.69, 9.17) is 14.2 Å². The monoisotopic (exact) mass is 265 g/mol. The van der Waals surface area contributed by atoms with Crippen molar-refractivity contribution in [2.45, 2.75) is 13.0 Å². The average Bonchev–Trinajstić information content (AvgIpc) is 2.45. The summed E-state index contributed by atoms with van der Waals surface area (Å²) in [4.78, 5) is 14.2. The molecule has 0 unspecified atom stereocenters. The van der Waals surface area contributed by atoms with Gasteiger partial charge in [0.1, 0.15) is 11.5 Å². The third kappa shape index (κ3) is 3.17. The van der Waals surface area contributed by atoms with Crippen LogP contribution in [0, 0.1) is 0 Å². The molecule has 0 aliphatic carbocycles. The van der Waals surface area contributed by atoms with Crippen molar-refractivity contribution in [2.24, 2.45) is 0 Å². The first kappa shape index (κ1) is 13.7. The zero-order valence-corrected chi connectivity index (χ0v) is 11.5. The number of benzene rings is 1. The van der Waals surface area contributed by atoms with Crippen molar-refractivity contribution >= 4 is 5.91 Å². The minimum absolute atomic E-state index is 0.0210. The van der Waals surface area contributed by atoms with Crippen molar-refractivity contribution in [3.05, 3.63) is 23.8 Å². The number of nitrogens with zero attached hydrogens (tertiary/aromatic N) is 1. The maximum atomic E-state index is 12.4. The molecule has 19 heavy (non-hydrogen) atoms. The molecular weight excluding hydrogens is 246 g/mol. The van der Waals surface area contributed by atoms with Gasteiger partial charge < -0.3 is 19.1 Å². The number of ether oxygens (including phenoxy) is 3. The molecule has 104 valence electrons. The largest absolute Gasteiger partial charge is 0.497 e. The molecule has 2 rings (SSSR count). The van der Waals surface area contributed by atoms with Crippen molar-refractivity contribution < 1.29 is 19.0 Å². The molecule has 1 aromatic rings. The first-order valence-corrected chi connectivity index (χ1v) is 6.28. The van der Waals surface area contributed by atoms with Crippen LogP contribution in [0.5, 0.6) is 11.5 Å². The van der Waals surface area contributed by atoms with Gasteiger partial charge in [0.05, 0.1) is 26.9 Å². The lowest BCUT2D eigenvalue weighted by atomic mass is 10.1. The molecule has 0 aromatic heterocycles. The van der Waals surface area contributed by atoms with Crippen LogP contribution in [0.4, 0.5) is 0 Å². The van der Waals surface area contributed by atoms with E-state index in [1.807, 2.05) is 6.92 Å². The number of carbonyl (C=O) groups excluding carboxylic acids is 1. The van der Waals surface area contributed by atoms with E-state index in [0.717, 1.165) is 0 Å². The molecule has 0 saturated carbocycles. The Hall–Kier alpha value is -1.75. The van der Waals surface area contributed by atoms with Crippen LogP contribution in [0.1, 0.15) is 17.3 Å². The molecule has 5 nitrogen and oxygen atoms in total. The predicted molar refractivity (Wildman–Crippen MR) is 70.9 cm³/mol. The third-order valence-electron chi connectivity index (χ3n) is 3.13. The molecule has 1 amide bonds. The van der Waals surface area contributed by atoms with E-state index < -0.39 is 0 Å². The lowest BCUT2D eigenvalue weighted by Crippen LogP contribution is -2.44. The Bertz CT molecular complexity index is 439. The summed E-state index contributed by atoms with van der Waals surface area (Å²) in [5.41, 5.74) is 0.574. The van der Waals surface area contributed by atoms with Gasteiger partial charge in [-0.2, -0.15) is 0 Å². The van der Waals surface area contributed by atoms with E-state index in [2.05, 4.69) is 0 Å². The van der Waals surface area contributed by atoms with Gasteiger partial charge in [0, 0.05) is 24.7 Å². The van der Waals surface area contributed by atoms with Gasteiger partial charge in [-0.05, 0) is 19.1 Å². The third-order valence-corrected chi connectivity index (χ3v) is 3.13. The highest BCUT2D eigenvalue weighted by Gasteiger charge is 2.23. The lowest BCUT2D eigenvalue weighted by Gasteiger charge is -2.31. The number of methoxy groups -OCH3 is 2. The first-order valence-electron chi connectivity index (χ1n) is 6.28. The van der Waals surface area contributed by atoms with E-state index in [1.165, 1.54) is 0 Å². The summed E-state index contributed by atoms with van der Waals surface area (Å²) in [6, 6.07) is 5.20. The smallest absolute Gasteiger partial charge is 0.254 e. The van der Waals surface area contributed by atoms with Gasteiger partial charge in [0.25, 0.3) is 5.91 Å². The summed E-state index contributed by atoms with van der Waals surface area (Å²) in [5.74, 6) is 1.21. The summed E-state index contributed by atoms with van der Waals surface area (Å²) in [6.45, 7) is 3.76. The molecule has 0 spiro atoms. The van der Waals surface area contributed by atoms with Gasteiger partial charge in [0.2, 0.25) is 0 Å². The highest BCUT2D eigenvalue weighted by atomic mass is 16.5. The maximum absolute atomic E-state index is 12.4. The molecule has 0 bridgehead atoms. The van der Waals surface area contributed by atoms with Gasteiger partial charge in [-0.1, -0.05) is 0 Å². The van der Waals surface area contributed by atoms with Crippen LogP contribution in [0.25, 0.3) is 0 Å². The van der Waals surface area contributed by atoms with Crippen LogP contribution >= 0.6 is 0 Å². The topological polar surface area (TPSA) is 48.0 Å². The standard InChI is InChI=1S/C14H19NO4/c1-10-9-15(4-5-19-10)14(16)11-6-12(17-2)8-13(7-11)18-3/h6-8,10H,4-5,9H2,1-3H3/t10-/m0/s1. The van der Waals surface area contributed by atoms with Crippen LogP contribution in [0.2, 0.25) is 0 Å². The number of hydrogen-bond acceptors (Lipinski definition) is 4. The summed E-state index contributed by atoms with van der Waals surface area (Å²) in [5, 5.41) is 0. The van der Waals surface area contributed by atoms with Crippen molar-refractivity contribution in [1.29, 1.82) is 0 Å². The molecule has 1 atom stereocenters. The Balaban J connectivity index is 2.22. The Kier molecular flexibility index (Phi) is 4.27. The van der Waals surface area contributed by atoms with Crippen molar-refractivity contribution in [1.82, 2.24) is 4.90 Å². The van der Waals surface area contributed by atoms with Crippen LogP contribution in [0.15, 0.2) is 18.2 Å². The van der Waals surface area contributed by atoms with Crippen LogP contribution in [-0.4, -0.2) is 50.8 Å². The van der Waals surface area contributed by atoms with E-state index in [9.17, 15) is 4.79 Å². The number of amides is 1. The normalized spacial score (nSPS) is 19.1. The number of hydrogen-bond donors (Lipinski definition) is 0. The van der Waals surface area contributed by atoms with Gasteiger partial charge >= 0.3 is 0 Å². The molecular formula is C14H19NO4. The highest BCUT2D eigenvalue weighted by Crippen LogP contribution is 2.24. The van der Waals surface area contributed by atoms with E-state index in [1.54, 1.807) is 37.3 Å². The molecule has 5 heteroatoms. The minimum atomic E-state index is -0.0210. The molecule has 1 fully saturated rings. The van der Waals surface area contributed by atoms with Crippen molar-refractivity contribution in [3.63, 3.8) is 0 Å². The molecule has 1 saturated heterocycles. The molecule has 1 aromatic carbocycles. The average molecular weight is 265 g/mol. The van der Waals surface area contributed by atoms with Crippen molar-refractivity contribution in [2.75, 3.05) is 33.9 Å². The molecule has 0 radical (unpaired) electrons. The Morgan fingerprint density at radius 1 is 1.26 bits per heavy atom. The van der Waals surface area contributed by atoms with E-state index >= 15 is 0 Å². The minimum Gasteiger partial charge on any atom is -0.497 e. The zero-order chi connectivity index (χ0) is 13.8. The van der Waals surface area contributed by atoms with Crippen LogP contribution < -0.4 is 9.47 Å². The van der Waals surface area contributed by atoms with E-state index in [0.29, 0.717) is 36.8 Å². The Labute approximate surface area is 113 Å². The Morgan fingerprint density at radius 2 is 1.89 bits per heavy atom. The quantitative estimate of drug-likeness (QED) is 0.832. The summed E-state index contributed by atoms with van der Waals surface area (Å²) >= 11 is 0. The van der Waals surface area contributed by atoms with Gasteiger partial charge in [0.15, 0.2) is 0 Å². The van der Waals surface area contributed by atoms with Crippen LogP contribution in [-0.2, 0) is 4.74 Å². The first-order chi connectivity index (χ1) is 9.13. The molecule has 1 heterocycles. The fraction of sp³-hybridized carbons (Fsp3) is 0.500.